The van der Waals surface area contributed by atoms with E-state index in [9.17, 15) is 0 Å². The van der Waals surface area contributed by atoms with E-state index >= 15 is 0 Å². The third-order valence-electron chi connectivity index (χ3n) is 10.6. The summed E-state index contributed by atoms with van der Waals surface area (Å²) >= 11 is 0. The van der Waals surface area contributed by atoms with Gasteiger partial charge in [-0.15, -0.1) is 0 Å². The maximum atomic E-state index is 6.69. The molecule has 2 heterocycles. The Hall–Kier alpha value is -6.23. The number of rotatable bonds is 5. The van der Waals surface area contributed by atoms with Gasteiger partial charge in [0.25, 0.3) is 0 Å². The van der Waals surface area contributed by atoms with Gasteiger partial charge in [-0.3, -0.25) is 5.32 Å². The lowest BCUT2D eigenvalue weighted by Gasteiger charge is -2.32. The summed E-state index contributed by atoms with van der Waals surface area (Å²) in [6, 6.07) is 60.7. The van der Waals surface area contributed by atoms with Gasteiger partial charge in [-0.1, -0.05) is 146 Å². The van der Waals surface area contributed by atoms with Gasteiger partial charge in [0, 0.05) is 22.3 Å². The Morgan fingerprint density at radius 3 is 1.98 bits per heavy atom. The predicted octanol–water partition coefficient (Wildman–Crippen LogP) is 10.9. The summed E-state index contributed by atoms with van der Waals surface area (Å²) in [5.74, 6) is 1.05. The van der Waals surface area contributed by atoms with Gasteiger partial charge < -0.3 is 9.73 Å². The minimum atomic E-state index is -0.188. The predicted molar refractivity (Wildman–Crippen MR) is 208 cm³/mol. The van der Waals surface area contributed by atoms with E-state index in [-0.39, 0.29) is 18.2 Å². The molecule has 1 aliphatic heterocycles. The molecule has 0 amide bonds. The monoisotopic (exact) mass is 657 g/mol. The molecular formula is C47H35N3O. The number of nitrogens with one attached hydrogen (secondary N) is 2. The van der Waals surface area contributed by atoms with Gasteiger partial charge in [0.2, 0.25) is 0 Å². The molecule has 0 radical (unpaired) electrons. The fraction of sp³-hybridized carbons (Fsp3) is 0.0851. The number of hydrogen-bond donors (Lipinski definition) is 2. The Bertz CT molecular complexity index is 2570. The van der Waals surface area contributed by atoms with Gasteiger partial charge in [-0.25, -0.2) is 4.99 Å². The SMILES string of the molecule is c1ccc(-c2ccc3c(c2)C(c2ccc4c(c2)oc2cc(C5=NC(c6ccccc6)NC(c6ccccc6)N5)ccc24)Cc2ccccc2-3)cc1. The van der Waals surface area contributed by atoms with Crippen LogP contribution in [-0.2, 0) is 6.42 Å². The highest BCUT2D eigenvalue weighted by atomic mass is 16.3. The van der Waals surface area contributed by atoms with E-state index in [1.165, 1.54) is 38.9 Å². The molecule has 0 bridgehead atoms. The first-order valence-corrected chi connectivity index (χ1v) is 17.7. The Labute approximate surface area is 297 Å². The number of benzene rings is 7. The number of furan rings is 1. The third-order valence-corrected chi connectivity index (χ3v) is 10.6. The van der Waals surface area contributed by atoms with Crippen molar-refractivity contribution in [2.75, 3.05) is 0 Å². The number of hydrogen-bond acceptors (Lipinski definition) is 4. The van der Waals surface area contributed by atoms with Gasteiger partial charge >= 0.3 is 0 Å². The first kappa shape index (κ1) is 29.7. The molecule has 1 aliphatic carbocycles. The van der Waals surface area contributed by atoms with Crippen LogP contribution in [0.25, 0.3) is 44.2 Å². The van der Waals surface area contributed by atoms with Crippen molar-refractivity contribution in [3.8, 4) is 22.3 Å². The van der Waals surface area contributed by atoms with Crippen LogP contribution in [0.5, 0.6) is 0 Å². The minimum Gasteiger partial charge on any atom is -0.456 e. The normalized spacial score (nSPS) is 18.1. The number of amidine groups is 1. The molecule has 2 aliphatic rings. The van der Waals surface area contributed by atoms with Crippen molar-refractivity contribution in [3.05, 3.63) is 203 Å². The first-order valence-electron chi connectivity index (χ1n) is 17.7. The Morgan fingerprint density at radius 1 is 0.510 bits per heavy atom. The topological polar surface area (TPSA) is 49.6 Å². The van der Waals surface area contributed by atoms with E-state index in [2.05, 4.69) is 168 Å². The van der Waals surface area contributed by atoms with Crippen LogP contribution >= 0.6 is 0 Å². The van der Waals surface area contributed by atoms with E-state index in [0.29, 0.717) is 0 Å². The van der Waals surface area contributed by atoms with Gasteiger partial charge in [0.15, 0.2) is 0 Å². The van der Waals surface area contributed by atoms with Crippen LogP contribution in [0, 0.1) is 0 Å². The van der Waals surface area contributed by atoms with Gasteiger partial charge in [0.1, 0.15) is 29.3 Å². The number of fused-ring (bicyclic) bond motifs is 6. The molecule has 244 valence electrons. The second-order valence-electron chi connectivity index (χ2n) is 13.6. The second-order valence-corrected chi connectivity index (χ2v) is 13.6. The maximum Gasteiger partial charge on any atom is 0.136 e. The lowest BCUT2D eigenvalue weighted by Crippen LogP contribution is -2.44. The highest BCUT2D eigenvalue weighted by Crippen LogP contribution is 2.45. The fourth-order valence-electron chi connectivity index (χ4n) is 7.98. The molecule has 0 spiro atoms. The van der Waals surface area contributed by atoms with Crippen molar-refractivity contribution in [2.45, 2.75) is 24.7 Å². The summed E-state index contributed by atoms with van der Waals surface area (Å²) in [4.78, 5) is 5.16. The highest BCUT2D eigenvalue weighted by Gasteiger charge is 2.28. The first-order chi connectivity index (χ1) is 25.2. The molecule has 4 heteroatoms. The van der Waals surface area contributed by atoms with Crippen molar-refractivity contribution >= 4 is 27.8 Å². The van der Waals surface area contributed by atoms with Gasteiger partial charge in [0.05, 0.1) is 0 Å². The average molecular weight is 658 g/mol. The maximum absolute atomic E-state index is 6.69. The van der Waals surface area contributed by atoms with E-state index in [4.69, 9.17) is 9.41 Å². The number of nitrogens with zero attached hydrogens (tertiary/aromatic N) is 1. The molecule has 51 heavy (non-hydrogen) atoms. The Balaban J connectivity index is 1.04. The Kier molecular flexibility index (Phi) is 7.14. The van der Waals surface area contributed by atoms with Crippen LogP contribution in [0.2, 0.25) is 0 Å². The van der Waals surface area contributed by atoms with Crippen molar-refractivity contribution in [1.82, 2.24) is 10.6 Å². The van der Waals surface area contributed by atoms with Crippen molar-refractivity contribution in [3.63, 3.8) is 0 Å². The van der Waals surface area contributed by atoms with E-state index in [1.807, 2.05) is 12.1 Å². The van der Waals surface area contributed by atoms with Crippen LogP contribution in [-0.4, -0.2) is 5.84 Å². The molecular weight excluding hydrogens is 623 g/mol. The summed E-state index contributed by atoms with van der Waals surface area (Å²) in [7, 11) is 0. The van der Waals surface area contributed by atoms with E-state index < -0.39 is 0 Å². The van der Waals surface area contributed by atoms with Crippen molar-refractivity contribution < 1.29 is 4.42 Å². The van der Waals surface area contributed by atoms with Crippen LogP contribution in [0.15, 0.2) is 179 Å². The van der Waals surface area contributed by atoms with E-state index in [1.54, 1.807) is 0 Å². The summed E-state index contributed by atoms with van der Waals surface area (Å²) in [5, 5.41) is 9.58. The van der Waals surface area contributed by atoms with E-state index in [0.717, 1.165) is 50.9 Å². The summed E-state index contributed by atoms with van der Waals surface area (Å²) < 4.78 is 6.69. The fourth-order valence-corrected chi connectivity index (χ4v) is 7.98. The summed E-state index contributed by atoms with van der Waals surface area (Å²) in [6.07, 6.45) is 0.665. The zero-order chi connectivity index (χ0) is 33.7. The largest absolute Gasteiger partial charge is 0.456 e. The minimum absolute atomic E-state index is 0.0938. The molecule has 8 aromatic rings. The molecule has 0 fully saturated rings. The Morgan fingerprint density at radius 2 is 1.18 bits per heavy atom. The molecule has 7 aromatic carbocycles. The zero-order valence-electron chi connectivity index (χ0n) is 28.0. The molecule has 3 atom stereocenters. The van der Waals surface area contributed by atoms with Crippen LogP contribution in [0.4, 0.5) is 0 Å². The molecule has 3 unspecified atom stereocenters. The van der Waals surface area contributed by atoms with Gasteiger partial charge in [-0.2, -0.15) is 0 Å². The third kappa shape index (κ3) is 5.32. The molecule has 0 saturated heterocycles. The van der Waals surface area contributed by atoms with Crippen molar-refractivity contribution in [2.24, 2.45) is 4.99 Å². The van der Waals surface area contributed by atoms with Gasteiger partial charge in [-0.05, 0) is 80.8 Å². The summed E-state index contributed by atoms with van der Waals surface area (Å²) in [5.41, 5.74) is 14.2. The van der Waals surface area contributed by atoms with Crippen LogP contribution in [0.1, 0.15) is 51.6 Å². The summed E-state index contributed by atoms with van der Waals surface area (Å²) in [6.45, 7) is 0. The molecule has 0 saturated carbocycles. The lowest BCUT2D eigenvalue weighted by atomic mass is 9.75. The molecule has 10 rings (SSSR count). The standard InChI is InChI=1S/C47H35N3O/c1-4-12-30(13-5-1)33-20-23-38-37-19-11-10-18-34(37)27-41(42(38)26-33)35-21-24-39-40-25-22-36(29-44(40)51-43(39)28-35)47-49-45(31-14-6-2-7-15-31)48-46(50-47)32-16-8-3-9-17-32/h1-26,28-29,41,45-46,48H,27H2,(H,49,50). The smallest absolute Gasteiger partial charge is 0.136 e. The average Bonchev–Trinajstić information content (AvgIpc) is 3.58. The number of aliphatic imine (C=N–C) groups is 1. The second kappa shape index (κ2) is 12.3. The lowest BCUT2D eigenvalue weighted by molar-refractivity contribution is 0.409. The molecule has 4 nitrogen and oxygen atoms in total. The van der Waals surface area contributed by atoms with Crippen LogP contribution in [0.3, 0.4) is 0 Å². The zero-order valence-corrected chi connectivity index (χ0v) is 28.0. The molecule has 1 aromatic heterocycles. The highest BCUT2D eigenvalue weighted by molar-refractivity contribution is 6.08. The van der Waals surface area contributed by atoms with Crippen LogP contribution < -0.4 is 10.6 Å². The van der Waals surface area contributed by atoms with Crippen molar-refractivity contribution in [1.29, 1.82) is 0 Å². The quantitative estimate of drug-likeness (QED) is 0.194. The molecule has 2 N–H and O–H groups in total.